The lowest BCUT2D eigenvalue weighted by Crippen LogP contribution is -2.25. The van der Waals surface area contributed by atoms with Crippen molar-refractivity contribution in [3.05, 3.63) is 60.2 Å². The first-order valence-corrected chi connectivity index (χ1v) is 8.39. The molecule has 0 bridgehead atoms. The quantitative estimate of drug-likeness (QED) is 0.811. The number of imidazole rings is 1. The Labute approximate surface area is 144 Å². The van der Waals surface area contributed by atoms with Gasteiger partial charge in [-0.25, -0.2) is 4.98 Å². The Bertz CT molecular complexity index is 677. The van der Waals surface area contributed by atoms with E-state index in [4.69, 9.17) is 0 Å². The van der Waals surface area contributed by atoms with Gasteiger partial charge in [0.05, 0.1) is 6.33 Å². The molecule has 0 aliphatic heterocycles. The molecule has 128 valence electrons. The molecule has 0 atom stereocenters. The molecular formula is C20H27N3O. The largest absolute Gasteiger partial charge is 0.352 e. The van der Waals surface area contributed by atoms with Gasteiger partial charge in [-0.3, -0.25) is 4.79 Å². The molecule has 0 radical (unpaired) electrons. The number of benzene rings is 1. The van der Waals surface area contributed by atoms with Crippen molar-refractivity contribution in [2.45, 2.75) is 40.7 Å². The Morgan fingerprint density at radius 1 is 1.21 bits per heavy atom. The molecule has 0 aliphatic carbocycles. The van der Waals surface area contributed by atoms with Crippen molar-refractivity contribution in [2.75, 3.05) is 6.54 Å². The van der Waals surface area contributed by atoms with E-state index in [2.05, 4.69) is 44.1 Å². The summed E-state index contributed by atoms with van der Waals surface area (Å²) in [5, 5.41) is 2.96. The molecule has 2 rings (SSSR count). The van der Waals surface area contributed by atoms with Gasteiger partial charge in [0.25, 0.3) is 5.91 Å². The Morgan fingerprint density at radius 2 is 1.88 bits per heavy atom. The third-order valence-corrected chi connectivity index (χ3v) is 3.69. The average molecular weight is 325 g/mol. The Kier molecular flexibility index (Phi) is 5.96. The number of aromatic nitrogens is 2. The molecule has 1 aromatic heterocycles. The van der Waals surface area contributed by atoms with Crippen LogP contribution in [0, 0.1) is 5.41 Å². The fraction of sp³-hybridized carbons (Fsp3) is 0.400. The summed E-state index contributed by atoms with van der Waals surface area (Å²) >= 11 is 0. The zero-order chi connectivity index (χ0) is 17.6. The Hall–Kier alpha value is -2.36. The fourth-order valence-electron chi connectivity index (χ4n) is 2.60. The maximum atomic E-state index is 12.2. The number of carbonyl (C=O) groups is 1. The van der Waals surface area contributed by atoms with Gasteiger partial charge in [0.15, 0.2) is 0 Å². The first-order chi connectivity index (χ1) is 11.3. The highest BCUT2D eigenvalue weighted by Crippen LogP contribution is 2.23. The summed E-state index contributed by atoms with van der Waals surface area (Å²) in [7, 11) is 0. The van der Waals surface area contributed by atoms with Gasteiger partial charge >= 0.3 is 0 Å². The first kappa shape index (κ1) is 18.0. The van der Waals surface area contributed by atoms with Gasteiger partial charge < -0.3 is 9.88 Å². The van der Waals surface area contributed by atoms with Crippen LogP contribution in [-0.4, -0.2) is 22.0 Å². The molecule has 1 aromatic carbocycles. The number of hydrogen-bond donors (Lipinski definition) is 1. The minimum absolute atomic E-state index is 0.0235. The zero-order valence-corrected chi connectivity index (χ0v) is 15.0. The van der Waals surface area contributed by atoms with Gasteiger partial charge in [-0.05, 0) is 42.0 Å². The summed E-state index contributed by atoms with van der Waals surface area (Å²) in [6, 6.07) is 7.80. The highest BCUT2D eigenvalue weighted by molar-refractivity contribution is 5.94. The molecule has 2 aromatic rings. The van der Waals surface area contributed by atoms with Crippen molar-refractivity contribution in [3.63, 3.8) is 0 Å². The standard InChI is InChI=1S/C20H27N3O/c1-16(14-20(2,3)4)17-6-8-18(9-7-17)19(24)22-10-5-12-23-13-11-21-15-23/h6-9,11,13-15H,5,10,12H2,1-4H3,(H,22,24)/b16-14+. The minimum atomic E-state index is -0.0235. The molecule has 0 aliphatic rings. The molecule has 0 fully saturated rings. The average Bonchev–Trinajstić information content (AvgIpc) is 3.03. The van der Waals surface area contributed by atoms with Crippen LogP contribution >= 0.6 is 0 Å². The first-order valence-electron chi connectivity index (χ1n) is 8.39. The zero-order valence-electron chi connectivity index (χ0n) is 15.0. The predicted octanol–water partition coefficient (Wildman–Crippen LogP) is 4.15. The number of aryl methyl sites for hydroxylation is 1. The molecule has 4 heteroatoms. The summed E-state index contributed by atoms with van der Waals surface area (Å²) in [5.41, 5.74) is 3.23. The molecule has 0 saturated carbocycles. The van der Waals surface area contributed by atoms with E-state index in [1.807, 2.05) is 35.0 Å². The van der Waals surface area contributed by atoms with Crippen molar-refractivity contribution in [1.29, 1.82) is 0 Å². The maximum Gasteiger partial charge on any atom is 0.251 e. The Morgan fingerprint density at radius 3 is 2.46 bits per heavy atom. The normalized spacial score (nSPS) is 12.2. The lowest BCUT2D eigenvalue weighted by Gasteiger charge is -2.14. The van der Waals surface area contributed by atoms with Crippen molar-refractivity contribution in [3.8, 4) is 0 Å². The third kappa shape index (κ3) is 5.69. The molecule has 1 amide bonds. The maximum absolute atomic E-state index is 12.2. The van der Waals surface area contributed by atoms with Crippen LogP contribution in [0.4, 0.5) is 0 Å². The topological polar surface area (TPSA) is 46.9 Å². The van der Waals surface area contributed by atoms with E-state index in [-0.39, 0.29) is 11.3 Å². The van der Waals surface area contributed by atoms with Crippen LogP contribution in [0.1, 0.15) is 50.0 Å². The van der Waals surface area contributed by atoms with Gasteiger partial charge in [0, 0.05) is 31.0 Å². The van der Waals surface area contributed by atoms with Crippen molar-refractivity contribution >= 4 is 11.5 Å². The smallest absolute Gasteiger partial charge is 0.251 e. The second kappa shape index (κ2) is 7.95. The number of carbonyl (C=O) groups excluding carboxylic acids is 1. The highest BCUT2D eigenvalue weighted by Gasteiger charge is 2.09. The summed E-state index contributed by atoms with van der Waals surface area (Å²) in [6.45, 7) is 10.2. The van der Waals surface area contributed by atoms with Gasteiger partial charge in [0.1, 0.15) is 0 Å². The van der Waals surface area contributed by atoms with Crippen LogP contribution in [0.2, 0.25) is 0 Å². The number of allylic oxidation sites excluding steroid dienone is 2. The number of rotatable bonds is 6. The monoisotopic (exact) mass is 325 g/mol. The second-order valence-electron chi connectivity index (χ2n) is 7.18. The van der Waals surface area contributed by atoms with E-state index < -0.39 is 0 Å². The van der Waals surface area contributed by atoms with Crippen LogP contribution in [0.3, 0.4) is 0 Å². The lowest BCUT2D eigenvalue weighted by atomic mass is 9.91. The van der Waals surface area contributed by atoms with E-state index in [1.165, 1.54) is 5.57 Å². The van der Waals surface area contributed by atoms with Crippen molar-refractivity contribution in [2.24, 2.45) is 5.41 Å². The summed E-state index contributed by atoms with van der Waals surface area (Å²) in [4.78, 5) is 16.2. The van der Waals surface area contributed by atoms with E-state index in [0.717, 1.165) is 18.5 Å². The van der Waals surface area contributed by atoms with Crippen molar-refractivity contribution < 1.29 is 4.79 Å². The fourth-order valence-corrected chi connectivity index (χ4v) is 2.60. The van der Waals surface area contributed by atoms with E-state index in [0.29, 0.717) is 12.1 Å². The van der Waals surface area contributed by atoms with E-state index in [1.54, 1.807) is 12.5 Å². The van der Waals surface area contributed by atoms with Crippen LogP contribution in [0.15, 0.2) is 49.1 Å². The molecule has 24 heavy (non-hydrogen) atoms. The van der Waals surface area contributed by atoms with E-state index >= 15 is 0 Å². The number of nitrogens with zero attached hydrogens (tertiary/aromatic N) is 2. The number of amides is 1. The van der Waals surface area contributed by atoms with Crippen LogP contribution in [0.25, 0.3) is 5.57 Å². The van der Waals surface area contributed by atoms with Gasteiger partial charge in [-0.1, -0.05) is 39.0 Å². The molecular weight excluding hydrogens is 298 g/mol. The lowest BCUT2D eigenvalue weighted by molar-refractivity contribution is 0.0952. The van der Waals surface area contributed by atoms with Crippen molar-refractivity contribution in [1.82, 2.24) is 14.9 Å². The second-order valence-corrected chi connectivity index (χ2v) is 7.18. The van der Waals surface area contributed by atoms with Gasteiger partial charge in [-0.2, -0.15) is 0 Å². The summed E-state index contributed by atoms with van der Waals surface area (Å²) < 4.78 is 2.01. The van der Waals surface area contributed by atoms with Crippen LogP contribution in [-0.2, 0) is 6.54 Å². The highest BCUT2D eigenvalue weighted by atomic mass is 16.1. The molecule has 0 unspecified atom stereocenters. The molecule has 1 N–H and O–H groups in total. The third-order valence-electron chi connectivity index (χ3n) is 3.69. The minimum Gasteiger partial charge on any atom is -0.352 e. The Balaban J connectivity index is 1.85. The predicted molar refractivity (Wildman–Crippen MR) is 98.7 cm³/mol. The molecule has 4 nitrogen and oxygen atoms in total. The number of hydrogen-bond acceptors (Lipinski definition) is 2. The summed E-state index contributed by atoms with van der Waals surface area (Å²) in [5.74, 6) is -0.0235. The van der Waals surface area contributed by atoms with Crippen LogP contribution < -0.4 is 5.32 Å². The molecule has 0 spiro atoms. The van der Waals surface area contributed by atoms with Gasteiger partial charge in [-0.15, -0.1) is 0 Å². The van der Waals surface area contributed by atoms with Crippen LogP contribution in [0.5, 0.6) is 0 Å². The SMILES string of the molecule is C/C(=C\C(C)(C)C)c1ccc(C(=O)NCCCn2ccnc2)cc1. The van der Waals surface area contributed by atoms with Gasteiger partial charge in [0.2, 0.25) is 0 Å². The number of nitrogens with one attached hydrogen (secondary N) is 1. The summed E-state index contributed by atoms with van der Waals surface area (Å²) in [6.07, 6.45) is 8.60. The molecule has 0 saturated heterocycles. The molecule has 1 heterocycles. The van der Waals surface area contributed by atoms with E-state index in [9.17, 15) is 4.79 Å².